The number of H-pyrrole nitrogens is 1. The Labute approximate surface area is 73.4 Å². The molecule has 3 nitrogen and oxygen atoms in total. The van der Waals surface area contributed by atoms with E-state index >= 15 is 0 Å². The van der Waals surface area contributed by atoms with Crippen LogP contribution >= 0.6 is 0 Å². The van der Waals surface area contributed by atoms with Gasteiger partial charge in [-0.3, -0.25) is 0 Å². The Morgan fingerprint density at radius 3 is 2.83 bits per heavy atom. The van der Waals surface area contributed by atoms with Gasteiger partial charge in [0.05, 0.1) is 6.04 Å². The zero-order chi connectivity index (χ0) is 8.97. The Hall–Kier alpha value is -0.800. The van der Waals surface area contributed by atoms with Gasteiger partial charge in [-0.05, 0) is 31.6 Å². The van der Waals surface area contributed by atoms with Gasteiger partial charge in [-0.25, -0.2) is 0 Å². The lowest BCUT2D eigenvalue weighted by atomic mass is 9.99. The van der Waals surface area contributed by atoms with Gasteiger partial charge in [-0.1, -0.05) is 6.92 Å². The fourth-order valence-corrected chi connectivity index (χ4v) is 1.42. The number of hydrogen-bond acceptors (Lipinski definition) is 2. The summed E-state index contributed by atoms with van der Waals surface area (Å²) in [6, 6.07) is 4.42. The average molecular weight is 167 g/mol. The predicted octanol–water partition coefficient (Wildman–Crippen LogP) is 0.870. The van der Waals surface area contributed by atoms with E-state index in [1.165, 1.54) is 5.69 Å². The van der Waals surface area contributed by atoms with Crippen LogP contribution in [-0.4, -0.2) is 18.6 Å². The van der Waals surface area contributed by atoms with Crippen LogP contribution in [0.25, 0.3) is 0 Å². The highest BCUT2D eigenvalue weighted by Crippen LogP contribution is 2.18. The molecule has 68 valence electrons. The summed E-state index contributed by atoms with van der Waals surface area (Å²) in [5.41, 5.74) is 6.80. The second-order valence-corrected chi connectivity index (χ2v) is 3.10. The topological polar surface area (TPSA) is 53.8 Å². The largest absolute Gasteiger partial charge is 0.364 e. The Balaban J connectivity index is 2.69. The first-order chi connectivity index (χ1) is 5.79. The highest BCUT2D eigenvalue weighted by molar-refractivity contribution is 5.10. The number of aromatic amines is 1. The molecule has 2 atom stereocenters. The third-order valence-electron chi connectivity index (χ3n) is 2.21. The highest BCUT2D eigenvalue weighted by Gasteiger charge is 2.15. The van der Waals surface area contributed by atoms with Crippen molar-refractivity contribution in [3.05, 3.63) is 24.0 Å². The van der Waals surface area contributed by atoms with Gasteiger partial charge in [0.1, 0.15) is 0 Å². The van der Waals surface area contributed by atoms with E-state index in [0.717, 1.165) is 0 Å². The van der Waals surface area contributed by atoms with E-state index in [1.807, 2.05) is 19.3 Å². The standard InChI is InChI=1S/C9H17N3/c1-7(6-10)9(11-2)8-4-3-5-12-8/h3-5,7,9,11-12H,6,10H2,1-2H3. The van der Waals surface area contributed by atoms with E-state index in [1.54, 1.807) is 0 Å². The zero-order valence-corrected chi connectivity index (χ0v) is 7.67. The van der Waals surface area contributed by atoms with Crippen LogP contribution < -0.4 is 11.1 Å². The molecule has 12 heavy (non-hydrogen) atoms. The second kappa shape index (κ2) is 4.28. The molecule has 0 saturated heterocycles. The van der Waals surface area contributed by atoms with Crippen molar-refractivity contribution in [2.45, 2.75) is 13.0 Å². The summed E-state index contributed by atoms with van der Waals surface area (Å²) < 4.78 is 0. The van der Waals surface area contributed by atoms with E-state index in [-0.39, 0.29) is 0 Å². The van der Waals surface area contributed by atoms with E-state index < -0.39 is 0 Å². The molecule has 0 aliphatic heterocycles. The van der Waals surface area contributed by atoms with Crippen molar-refractivity contribution in [2.75, 3.05) is 13.6 Å². The Morgan fingerprint density at radius 1 is 1.67 bits per heavy atom. The molecule has 3 heteroatoms. The monoisotopic (exact) mass is 167 g/mol. The summed E-state index contributed by atoms with van der Waals surface area (Å²) in [7, 11) is 1.96. The summed E-state index contributed by atoms with van der Waals surface area (Å²) in [4.78, 5) is 3.19. The minimum atomic E-state index is 0.338. The van der Waals surface area contributed by atoms with Gasteiger partial charge in [-0.2, -0.15) is 0 Å². The van der Waals surface area contributed by atoms with Crippen LogP contribution in [-0.2, 0) is 0 Å². The van der Waals surface area contributed by atoms with Gasteiger partial charge in [-0.15, -0.1) is 0 Å². The van der Waals surface area contributed by atoms with Crippen LogP contribution in [0, 0.1) is 5.92 Å². The van der Waals surface area contributed by atoms with Crippen LogP contribution in [0.3, 0.4) is 0 Å². The molecule has 0 aliphatic rings. The van der Waals surface area contributed by atoms with Gasteiger partial charge in [0.2, 0.25) is 0 Å². The first-order valence-corrected chi connectivity index (χ1v) is 4.30. The summed E-state index contributed by atoms with van der Waals surface area (Å²) in [5.74, 6) is 0.452. The van der Waals surface area contributed by atoms with E-state index in [2.05, 4.69) is 23.3 Å². The molecular weight excluding hydrogens is 150 g/mol. The Morgan fingerprint density at radius 2 is 2.42 bits per heavy atom. The Bertz CT molecular complexity index is 206. The van der Waals surface area contributed by atoms with Crippen molar-refractivity contribution >= 4 is 0 Å². The SMILES string of the molecule is CNC(c1ccc[nH]1)C(C)CN. The van der Waals surface area contributed by atoms with Crippen molar-refractivity contribution in [1.29, 1.82) is 0 Å². The van der Waals surface area contributed by atoms with Crippen LogP contribution in [0.15, 0.2) is 18.3 Å². The lowest BCUT2D eigenvalue weighted by Crippen LogP contribution is -2.28. The molecule has 4 N–H and O–H groups in total. The third-order valence-corrected chi connectivity index (χ3v) is 2.21. The third kappa shape index (κ3) is 1.87. The van der Waals surface area contributed by atoms with Gasteiger partial charge < -0.3 is 16.0 Å². The quantitative estimate of drug-likeness (QED) is 0.623. The maximum Gasteiger partial charge on any atom is 0.0508 e. The number of aromatic nitrogens is 1. The highest BCUT2D eigenvalue weighted by atomic mass is 14.9. The molecular formula is C9H17N3. The lowest BCUT2D eigenvalue weighted by Gasteiger charge is -2.20. The van der Waals surface area contributed by atoms with Gasteiger partial charge >= 0.3 is 0 Å². The summed E-state index contributed by atoms with van der Waals surface area (Å²) in [5, 5.41) is 3.24. The molecule has 0 spiro atoms. The first-order valence-electron chi connectivity index (χ1n) is 4.30. The summed E-state index contributed by atoms with van der Waals surface area (Å²) >= 11 is 0. The number of hydrogen-bond donors (Lipinski definition) is 3. The molecule has 0 fully saturated rings. The van der Waals surface area contributed by atoms with Gasteiger partial charge in [0, 0.05) is 11.9 Å². The lowest BCUT2D eigenvalue weighted by molar-refractivity contribution is 0.412. The van der Waals surface area contributed by atoms with Gasteiger partial charge in [0.15, 0.2) is 0 Å². The zero-order valence-electron chi connectivity index (χ0n) is 7.67. The molecule has 0 amide bonds. The van der Waals surface area contributed by atoms with E-state index in [9.17, 15) is 0 Å². The normalized spacial score (nSPS) is 15.9. The number of nitrogens with two attached hydrogens (primary N) is 1. The molecule has 0 radical (unpaired) electrons. The molecule has 0 aromatic carbocycles. The fourth-order valence-electron chi connectivity index (χ4n) is 1.42. The minimum absolute atomic E-state index is 0.338. The number of nitrogens with one attached hydrogen (secondary N) is 2. The van der Waals surface area contributed by atoms with Crippen molar-refractivity contribution in [2.24, 2.45) is 11.7 Å². The van der Waals surface area contributed by atoms with Crippen molar-refractivity contribution < 1.29 is 0 Å². The van der Waals surface area contributed by atoms with E-state index in [0.29, 0.717) is 18.5 Å². The predicted molar refractivity (Wildman–Crippen MR) is 50.8 cm³/mol. The molecule has 1 aromatic rings. The molecule has 2 unspecified atom stereocenters. The maximum atomic E-state index is 5.60. The van der Waals surface area contributed by atoms with Crippen LogP contribution in [0.1, 0.15) is 18.7 Å². The molecule has 0 aliphatic carbocycles. The maximum absolute atomic E-state index is 5.60. The summed E-state index contributed by atoms with van der Waals surface area (Å²) in [6.45, 7) is 2.84. The molecule has 0 bridgehead atoms. The second-order valence-electron chi connectivity index (χ2n) is 3.10. The summed E-state index contributed by atoms with van der Waals surface area (Å²) in [6.07, 6.45) is 1.93. The Kier molecular flexibility index (Phi) is 3.31. The number of rotatable bonds is 4. The average Bonchev–Trinajstić information content (AvgIpc) is 2.58. The molecule has 1 aromatic heterocycles. The van der Waals surface area contributed by atoms with E-state index in [4.69, 9.17) is 5.73 Å². The van der Waals surface area contributed by atoms with Crippen LogP contribution in [0.2, 0.25) is 0 Å². The van der Waals surface area contributed by atoms with Crippen molar-refractivity contribution in [3.63, 3.8) is 0 Å². The van der Waals surface area contributed by atoms with Crippen LogP contribution in [0.5, 0.6) is 0 Å². The molecule has 1 heterocycles. The fraction of sp³-hybridized carbons (Fsp3) is 0.556. The van der Waals surface area contributed by atoms with Gasteiger partial charge in [0.25, 0.3) is 0 Å². The minimum Gasteiger partial charge on any atom is -0.364 e. The van der Waals surface area contributed by atoms with Crippen LogP contribution in [0.4, 0.5) is 0 Å². The smallest absolute Gasteiger partial charge is 0.0508 e. The first kappa shape index (κ1) is 9.29. The molecule has 0 saturated carbocycles. The molecule has 1 rings (SSSR count). The van der Waals surface area contributed by atoms with Crippen molar-refractivity contribution in [3.8, 4) is 0 Å². The van der Waals surface area contributed by atoms with Crippen molar-refractivity contribution in [1.82, 2.24) is 10.3 Å².